The summed E-state index contributed by atoms with van der Waals surface area (Å²) < 4.78 is 13.3. The molecule has 0 radical (unpaired) electrons. The van der Waals surface area contributed by atoms with Crippen LogP contribution in [0.25, 0.3) is 0 Å². The zero-order chi connectivity index (χ0) is 17.8. The minimum absolute atomic E-state index is 0.0173. The summed E-state index contributed by atoms with van der Waals surface area (Å²) in [6, 6.07) is 13.2. The van der Waals surface area contributed by atoms with Gasteiger partial charge in [-0.2, -0.15) is 0 Å². The van der Waals surface area contributed by atoms with Gasteiger partial charge in [-0.25, -0.2) is 4.39 Å². The van der Waals surface area contributed by atoms with Crippen molar-refractivity contribution in [2.24, 2.45) is 0 Å². The van der Waals surface area contributed by atoms with E-state index < -0.39 is 0 Å². The molecule has 0 aliphatic carbocycles. The van der Waals surface area contributed by atoms with Gasteiger partial charge in [0.15, 0.2) is 5.78 Å². The number of halogens is 1. The monoisotopic (exact) mass is 340 g/mol. The number of carbonyl (C=O) groups is 2. The Morgan fingerprint density at radius 2 is 1.84 bits per heavy atom. The number of piperidine rings is 1. The molecule has 0 saturated carbocycles. The molecule has 4 nitrogen and oxygen atoms in total. The van der Waals surface area contributed by atoms with Crippen molar-refractivity contribution in [3.63, 3.8) is 0 Å². The highest BCUT2D eigenvalue weighted by Gasteiger charge is 2.24. The smallest absolute Gasteiger partial charge is 0.253 e. The maximum atomic E-state index is 13.3. The summed E-state index contributed by atoms with van der Waals surface area (Å²) in [5.74, 6) is -0.337. The summed E-state index contributed by atoms with van der Waals surface area (Å²) in [7, 11) is 0. The van der Waals surface area contributed by atoms with Gasteiger partial charge in [0.1, 0.15) is 5.82 Å². The largest absolute Gasteiger partial charge is 0.380 e. The molecule has 2 aromatic carbocycles. The molecule has 1 N–H and O–H groups in total. The summed E-state index contributed by atoms with van der Waals surface area (Å²) in [6.45, 7) is 2.78. The summed E-state index contributed by atoms with van der Waals surface area (Å²) in [6.07, 6.45) is 1.83. The van der Waals surface area contributed by atoms with Gasteiger partial charge in [0, 0.05) is 35.9 Å². The highest BCUT2D eigenvalue weighted by atomic mass is 19.1. The minimum atomic E-state index is -0.278. The van der Waals surface area contributed by atoms with Crippen LogP contribution in [0.5, 0.6) is 0 Å². The molecule has 2 aromatic rings. The van der Waals surface area contributed by atoms with Crippen molar-refractivity contribution >= 4 is 17.4 Å². The summed E-state index contributed by atoms with van der Waals surface area (Å²) in [5, 5.41) is 3.30. The van der Waals surface area contributed by atoms with Gasteiger partial charge >= 0.3 is 0 Å². The van der Waals surface area contributed by atoms with Gasteiger partial charge in [-0.3, -0.25) is 9.59 Å². The number of rotatable bonds is 4. The van der Waals surface area contributed by atoms with Crippen molar-refractivity contribution in [2.45, 2.75) is 25.8 Å². The Morgan fingerprint density at radius 1 is 1.12 bits per heavy atom. The average Bonchev–Trinajstić information content (AvgIpc) is 2.61. The minimum Gasteiger partial charge on any atom is -0.380 e. The lowest BCUT2D eigenvalue weighted by Crippen LogP contribution is -2.45. The number of Topliss-reactive ketones (excluding diaryl/α,β-unsaturated/α-hetero) is 1. The van der Waals surface area contributed by atoms with E-state index >= 15 is 0 Å². The SMILES string of the molecule is CC(=O)c1ccc(C(=O)N2CCC[C@@H](Nc3cccc(F)c3)C2)cc1. The van der Waals surface area contributed by atoms with Gasteiger partial charge in [0.05, 0.1) is 0 Å². The topological polar surface area (TPSA) is 49.4 Å². The standard InChI is InChI=1S/C20H21FN2O2/c1-14(24)15-7-9-16(10-8-15)20(25)23-11-3-6-19(13-23)22-18-5-2-4-17(21)12-18/h2,4-5,7-10,12,19,22H,3,6,11,13H2,1H3/t19-/m1/s1. The summed E-state index contributed by atoms with van der Waals surface area (Å²) >= 11 is 0. The van der Waals surface area contributed by atoms with E-state index in [9.17, 15) is 14.0 Å². The van der Waals surface area contributed by atoms with E-state index in [2.05, 4.69) is 5.32 Å². The Bertz CT molecular complexity index is 774. The Morgan fingerprint density at radius 3 is 2.52 bits per heavy atom. The lowest BCUT2D eigenvalue weighted by atomic mass is 10.0. The fourth-order valence-corrected chi connectivity index (χ4v) is 3.12. The lowest BCUT2D eigenvalue weighted by Gasteiger charge is -2.33. The normalized spacial score (nSPS) is 17.2. The first-order chi connectivity index (χ1) is 12.0. The molecule has 1 aliphatic heterocycles. The van der Waals surface area contributed by atoms with E-state index in [0.29, 0.717) is 24.2 Å². The number of ketones is 1. The molecule has 1 saturated heterocycles. The third-order valence-electron chi connectivity index (χ3n) is 4.44. The van der Waals surface area contributed by atoms with Crippen LogP contribution in [0.4, 0.5) is 10.1 Å². The molecule has 130 valence electrons. The quantitative estimate of drug-likeness (QED) is 0.863. The highest BCUT2D eigenvalue weighted by molar-refractivity contribution is 5.97. The number of hydrogen-bond donors (Lipinski definition) is 1. The third kappa shape index (κ3) is 4.24. The van der Waals surface area contributed by atoms with Gasteiger partial charge < -0.3 is 10.2 Å². The fourth-order valence-electron chi connectivity index (χ4n) is 3.12. The first kappa shape index (κ1) is 17.1. The predicted octanol–water partition coefficient (Wildman–Crippen LogP) is 3.75. The molecule has 5 heteroatoms. The molecule has 1 atom stereocenters. The van der Waals surface area contributed by atoms with Gasteiger partial charge in [-0.1, -0.05) is 18.2 Å². The molecular weight excluding hydrogens is 319 g/mol. The number of nitrogens with zero attached hydrogens (tertiary/aromatic N) is 1. The maximum Gasteiger partial charge on any atom is 0.253 e. The number of carbonyl (C=O) groups excluding carboxylic acids is 2. The van der Waals surface area contributed by atoms with Crippen molar-refractivity contribution < 1.29 is 14.0 Å². The molecule has 25 heavy (non-hydrogen) atoms. The zero-order valence-electron chi connectivity index (χ0n) is 14.2. The van der Waals surface area contributed by atoms with E-state index in [4.69, 9.17) is 0 Å². The van der Waals surface area contributed by atoms with Gasteiger partial charge in [-0.15, -0.1) is 0 Å². The Labute approximate surface area is 146 Å². The van der Waals surface area contributed by atoms with Crippen LogP contribution < -0.4 is 5.32 Å². The first-order valence-electron chi connectivity index (χ1n) is 8.45. The van der Waals surface area contributed by atoms with Crippen LogP contribution in [0.2, 0.25) is 0 Å². The maximum absolute atomic E-state index is 13.3. The van der Waals surface area contributed by atoms with E-state index in [1.807, 2.05) is 11.0 Å². The summed E-state index contributed by atoms with van der Waals surface area (Å²) in [5.41, 5.74) is 1.90. The van der Waals surface area contributed by atoms with Gasteiger partial charge in [0.2, 0.25) is 0 Å². The molecule has 0 unspecified atom stereocenters. The van der Waals surface area contributed by atoms with Crippen LogP contribution in [0, 0.1) is 5.82 Å². The molecule has 1 fully saturated rings. The number of amides is 1. The number of likely N-dealkylation sites (tertiary alicyclic amines) is 1. The van der Waals surface area contributed by atoms with Crippen LogP contribution in [-0.4, -0.2) is 35.7 Å². The highest BCUT2D eigenvalue weighted by Crippen LogP contribution is 2.19. The van der Waals surface area contributed by atoms with Crippen LogP contribution in [0.1, 0.15) is 40.5 Å². The second-order valence-corrected chi connectivity index (χ2v) is 6.38. The number of benzene rings is 2. The first-order valence-corrected chi connectivity index (χ1v) is 8.45. The van der Waals surface area contributed by atoms with Crippen molar-refractivity contribution in [1.82, 2.24) is 4.90 Å². The number of hydrogen-bond acceptors (Lipinski definition) is 3. The van der Waals surface area contributed by atoms with Crippen LogP contribution >= 0.6 is 0 Å². The van der Waals surface area contributed by atoms with E-state index in [1.54, 1.807) is 30.3 Å². The Kier molecular flexibility index (Phi) is 5.12. The van der Waals surface area contributed by atoms with Crippen LogP contribution in [0.15, 0.2) is 48.5 Å². The lowest BCUT2D eigenvalue weighted by molar-refractivity contribution is 0.0714. The van der Waals surface area contributed by atoms with E-state index in [-0.39, 0.29) is 23.5 Å². The van der Waals surface area contributed by atoms with Crippen LogP contribution in [-0.2, 0) is 0 Å². The Hall–Kier alpha value is -2.69. The number of nitrogens with one attached hydrogen (secondary N) is 1. The zero-order valence-corrected chi connectivity index (χ0v) is 14.2. The second kappa shape index (κ2) is 7.47. The summed E-state index contributed by atoms with van der Waals surface area (Å²) in [4.78, 5) is 25.8. The fraction of sp³-hybridized carbons (Fsp3) is 0.300. The van der Waals surface area contributed by atoms with E-state index in [0.717, 1.165) is 18.5 Å². The molecule has 0 bridgehead atoms. The predicted molar refractivity (Wildman–Crippen MR) is 95.4 cm³/mol. The van der Waals surface area contributed by atoms with Crippen molar-refractivity contribution in [2.75, 3.05) is 18.4 Å². The molecule has 1 aliphatic rings. The van der Waals surface area contributed by atoms with Crippen LogP contribution in [0.3, 0.4) is 0 Å². The molecule has 3 rings (SSSR count). The molecular formula is C20H21FN2O2. The van der Waals surface area contributed by atoms with E-state index in [1.165, 1.54) is 19.1 Å². The number of anilines is 1. The molecule has 1 amide bonds. The average molecular weight is 340 g/mol. The Balaban J connectivity index is 1.66. The molecule has 0 spiro atoms. The molecule has 1 heterocycles. The van der Waals surface area contributed by atoms with Crippen molar-refractivity contribution in [1.29, 1.82) is 0 Å². The molecule has 0 aromatic heterocycles. The van der Waals surface area contributed by atoms with Gasteiger partial charge in [0.25, 0.3) is 5.91 Å². The second-order valence-electron chi connectivity index (χ2n) is 6.38. The van der Waals surface area contributed by atoms with Crippen molar-refractivity contribution in [3.8, 4) is 0 Å². The van der Waals surface area contributed by atoms with Crippen molar-refractivity contribution in [3.05, 3.63) is 65.5 Å². The van der Waals surface area contributed by atoms with Gasteiger partial charge in [-0.05, 0) is 50.1 Å². The third-order valence-corrected chi connectivity index (χ3v) is 4.44.